The molecule has 0 radical (unpaired) electrons. The topological polar surface area (TPSA) is 412 Å². The van der Waals surface area contributed by atoms with Crippen molar-refractivity contribution < 1.29 is 89.2 Å². The molecule has 0 spiro atoms. The van der Waals surface area contributed by atoms with Gasteiger partial charge in [-0.1, -0.05) is 0 Å². The maximum absolute atomic E-state index is 10.2. The summed E-state index contributed by atoms with van der Waals surface area (Å²) in [6, 6.07) is -1.25. The number of hydrogen-bond acceptors (Lipinski definition) is 18. The van der Waals surface area contributed by atoms with Gasteiger partial charge in [-0.25, -0.2) is 0 Å². The zero-order valence-electron chi connectivity index (χ0n) is 27.0. The van der Waals surface area contributed by atoms with Gasteiger partial charge in [-0.15, -0.1) is 0 Å². The molecule has 1 aliphatic carbocycles. The van der Waals surface area contributed by atoms with E-state index in [0.29, 0.717) is 0 Å². The molecule has 0 aromatic carbocycles. The fraction of sp³-hybridized carbons (Fsp3) is 0.846. The highest BCUT2D eigenvalue weighted by Crippen LogP contribution is 2.30. The number of aliphatic hydroxyl groups excluding tert-OH is 6. The lowest BCUT2D eigenvalue weighted by Crippen LogP contribution is -2.64. The first-order valence-corrected chi connectivity index (χ1v) is 14.4. The molecule has 22 nitrogen and oxygen atoms in total. The van der Waals surface area contributed by atoms with E-state index in [0.717, 1.165) is 27.7 Å². The van der Waals surface area contributed by atoms with E-state index in [1.54, 1.807) is 0 Å². The predicted octanol–water partition coefficient (Wildman–Crippen LogP) is -5.90. The van der Waals surface area contributed by atoms with Crippen LogP contribution >= 0.6 is 0 Å². The minimum absolute atomic E-state index is 0.0922. The SMILES string of the molecule is CC(=O)O.CC(=O)O.CC(=O)O.CC(=O)O.NC[C@@H]1O[C@H](O[C@H]2C[C@H](N)[C@@H](O[C@H]3O[C@H](CN)[C@@H](O)[C@H](O)[C@H]3O)C[C@@H]2N)[C@@H](O)[C@H](O)[C@H]1O. The molecule has 2 saturated heterocycles. The lowest BCUT2D eigenvalue weighted by molar-refractivity contribution is -0.319. The zero-order chi connectivity index (χ0) is 38.0. The average Bonchev–Trinajstić information content (AvgIpc) is 2.94. The van der Waals surface area contributed by atoms with E-state index in [-0.39, 0.29) is 25.9 Å². The molecule has 0 unspecified atom stereocenters. The molecule has 0 amide bonds. The third-order valence-corrected chi connectivity index (χ3v) is 6.38. The van der Waals surface area contributed by atoms with Crippen molar-refractivity contribution in [2.75, 3.05) is 13.1 Å². The van der Waals surface area contributed by atoms with Crippen molar-refractivity contribution in [3.8, 4) is 0 Å². The zero-order valence-corrected chi connectivity index (χ0v) is 27.0. The van der Waals surface area contributed by atoms with Crippen LogP contribution in [0.2, 0.25) is 0 Å². The predicted molar refractivity (Wildman–Crippen MR) is 160 cm³/mol. The van der Waals surface area contributed by atoms with Crippen molar-refractivity contribution in [1.82, 2.24) is 0 Å². The van der Waals surface area contributed by atoms with Crippen LogP contribution in [0.1, 0.15) is 40.5 Å². The Bertz CT molecular complexity index is 848. The molecule has 284 valence electrons. The minimum atomic E-state index is -1.52. The summed E-state index contributed by atoms with van der Waals surface area (Å²) in [6.07, 6.45) is -14.1. The Kier molecular flexibility index (Phi) is 23.4. The smallest absolute Gasteiger partial charge is 0.300 e. The molecule has 14 atom stereocenters. The summed E-state index contributed by atoms with van der Waals surface area (Å²) in [6.45, 7) is 4.15. The highest BCUT2D eigenvalue weighted by molar-refractivity contribution is 5.63. The Morgan fingerprint density at radius 1 is 0.542 bits per heavy atom. The van der Waals surface area contributed by atoms with Crippen LogP contribution < -0.4 is 22.9 Å². The molecule has 0 aromatic rings. The third-order valence-electron chi connectivity index (χ3n) is 6.38. The maximum Gasteiger partial charge on any atom is 0.300 e. The highest BCUT2D eigenvalue weighted by Gasteiger charge is 2.48. The summed E-state index contributed by atoms with van der Waals surface area (Å²) >= 11 is 0. The summed E-state index contributed by atoms with van der Waals surface area (Å²) < 4.78 is 22.5. The number of rotatable bonds is 6. The molecule has 2 heterocycles. The summed E-state index contributed by atoms with van der Waals surface area (Å²) in [5, 5.41) is 89.9. The second kappa shape index (κ2) is 23.6. The molecule has 3 aliphatic rings. The first-order valence-electron chi connectivity index (χ1n) is 14.4. The summed E-state index contributed by atoms with van der Waals surface area (Å²) in [7, 11) is 0. The van der Waals surface area contributed by atoms with Crippen molar-refractivity contribution in [3.05, 3.63) is 0 Å². The van der Waals surface area contributed by atoms with Crippen LogP contribution in [0.3, 0.4) is 0 Å². The van der Waals surface area contributed by atoms with Gasteiger partial charge in [0.2, 0.25) is 0 Å². The van der Waals surface area contributed by atoms with E-state index >= 15 is 0 Å². The van der Waals surface area contributed by atoms with E-state index in [2.05, 4.69) is 0 Å². The van der Waals surface area contributed by atoms with E-state index in [9.17, 15) is 30.6 Å². The number of nitrogens with two attached hydrogens (primary N) is 4. The average molecular weight is 709 g/mol. The highest BCUT2D eigenvalue weighted by atomic mass is 16.7. The molecule has 48 heavy (non-hydrogen) atoms. The molecule has 3 rings (SSSR count). The van der Waals surface area contributed by atoms with Crippen LogP contribution in [0, 0.1) is 0 Å². The Morgan fingerprint density at radius 3 is 0.979 bits per heavy atom. The van der Waals surface area contributed by atoms with Crippen LogP contribution in [0.25, 0.3) is 0 Å². The summed E-state index contributed by atoms with van der Waals surface area (Å²) in [5.74, 6) is -3.33. The second-order valence-corrected chi connectivity index (χ2v) is 10.7. The van der Waals surface area contributed by atoms with Crippen molar-refractivity contribution in [2.24, 2.45) is 22.9 Å². The monoisotopic (exact) mass is 708 g/mol. The number of carboxylic acids is 4. The molecule has 22 heteroatoms. The van der Waals surface area contributed by atoms with Crippen molar-refractivity contribution in [2.45, 2.75) is 126 Å². The largest absolute Gasteiger partial charge is 0.481 e. The molecule has 1 saturated carbocycles. The van der Waals surface area contributed by atoms with Gasteiger partial charge in [0.1, 0.15) is 48.8 Å². The summed E-state index contributed by atoms with van der Waals surface area (Å²) in [5.41, 5.74) is 23.5. The Balaban J connectivity index is 0. The number of aliphatic carboxylic acids is 4. The van der Waals surface area contributed by atoms with E-state index < -0.39 is 110 Å². The standard InChI is InChI=1S/C18H36N4O10.4C2H4O2/c19-3-9-11(23)13(25)15(27)17(31-9)29-7-1-5(21)8(2-6(7)22)30-18-16(28)14(26)12(24)10(4-20)32-18;4*1-2(3)4/h5-18,23-28H,1-4,19-22H2;4*1H3,(H,3,4)/t5-,6-,7-,8-,9-,10+,11-,12+,13+,14-,15-,16+,17-,18-;;;;/m0..../s1. The van der Waals surface area contributed by atoms with Gasteiger partial charge in [0, 0.05) is 52.9 Å². The molecular weight excluding hydrogens is 656 g/mol. The van der Waals surface area contributed by atoms with Gasteiger partial charge in [-0.2, -0.15) is 0 Å². The second-order valence-electron chi connectivity index (χ2n) is 10.7. The van der Waals surface area contributed by atoms with Gasteiger partial charge < -0.3 is 92.9 Å². The van der Waals surface area contributed by atoms with Gasteiger partial charge >= 0.3 is 0 Å². The Morgan fingerprint density at radius 2 is 0.771 bits per heavy atom. The van der Waals surface area contributed by atoms with Crippen LogP contribution in [0.15, 0.2) is 0 Å². The minimum Gasteiger partial charge on any atom is -0.481 e. The Labute approximate surface area is 275 Å². The van der Waals surface area contributed by atoms with Crippen molar-refractivity contribution in [1.29, 1.82) is 0 Å². The molecular formula is C26H52N4O18. The van der Waals surface area contributed by atoms with Gasteiger partial charge in [0.05, 0.1) is 12.2 Å². The lowest BCUT2D eigenvalue weighted by Gasteiger charge is -2.46. The van der Waals surface area contributed by atoms with Gasteiger partial charge in [0.15, 0.2) is 12.6 Å². The van der Waals surface area contributed by atoms with Crippen LogP contribution in [0.5, 0.6) is 0 Å². The van der Waals surface area contributed by atoms with Crippen molar-refractivity contribution >= 4 is 23.9 Å². The van der Waals surface area contributed by atoms with E-state index in [1.165, 1.54) is 0 Å². The van der Waals surface area contributed by atoms with E-state index in [1.807, 2.05) is 0 Å². The molecule has 3 fully saturated rings. The number of ether oxygens (including phenoxy) is 4. The first kappa shape index (κ1) is 47.4. The first-order chi connectivity index (χ1) is 22.0. The van der Waals surface area contributed by atoms with E-state index in [4.69, 9.17) is 81.5 Å². The molecule has 0 aromatic heterocycles. The number of aliphatic hydroxyl groups is 6. The van der Waals surface area contributed by atoms with Crippen LogP contribution in [-0.2, 0) is 38.1 Å². The van der Waals surface area contributed by atoms with Crippen LogP contribution in [0.4, 0.5) is 0 Å². The fourth-order valence-corrected chi connectivity index (χ4v) is 4.29. The van der Waals surface area contributed by atoms with Gasteiger partial charge in [-0.05, 0) is 12.8 Å². The van der Waals surface area contributed by atoms with Crippen LogP contribution in [-0.4, -0.2) is 174 Å². The normalized spacial score (nSPS) is 37.2. The van der Waals surface area contributed by atoms with Crippen molar-refractivity contribution in [3.63, 3.8) is 0 Å². The number of hydrogen-bond donors (Lipinski definition) is 14. The fourth-order valence-electron chi connectivity index (χ4n) is 4.29. The third kappa shape index (κ3) is 18.2. The lowest BCUT2D eigenvalue weighted by atomic mass is 9.86. The number of carboxylic acid groups (broad SMARTS) is 4. The quantitative estimate of drug-likeness (QED) is 0.122. The van der Waals surface area contributed by atoms with Gasteiger partial charge in [0.25, 0.3) is 23.9 Å². The maximum atomic E-state index is 10.2. The molecule has 2 aliphatic heterocycles. The van der Waals surface area contributed by atoms with Gasteiger partial charge in [-0.3, -0.25) is 19.2 Å². The summed E-state index contributed by atoms with van der Waals surface area (Å²) in [4.78, 5) is 36.0. The molecule has 0 bridgehead atoms. The number of carbonyl (C=O) groups is 4. The molecule has 18 N–H and O–H groups in total. The Hall–Kier alpha value is -2.68.